The Morgan fingerprint density at radius 2 is 2.13 bits per heavy atom. The zero-order chi connectivity index (χ0) is 11.3. The van der Waals surface area contributed by atoms with E-state index in [2.05, 4.69) is 53.3 Å². The summed E-state index contributed by atoms with van der Waals surface area (Å²) in [6.45, 7) is 4.35. The van der Waals surface area contributed by atoms with Crippen LogP contribution in [0.2, 0.25) is 0 Å². The summed E-state index contributed by atoms with van der Waals surface area (Å²) >= 11 is 3.58. The van der Waals surface area contributed by atoms with Crippen LogP contribution in [0.25, 0.3) is 0 Å². The Kier molecular flexibility index (Phi) is 5.34. The highest BCUT2D eigenvalue weighted by Crippen LogP contribution is 2.24. The topological polar surface area (TPSA) is 12.0 Å². The highest BCUT2D eigenvalue weighted by molar-refractivity contribution is 9.10. The van der Waals surface area contributed by atoms with E-state index < -0.39 is 0 Å². The van der Waals surface area contributed by atoms with Crippen molar-refractivity contribution < 1.29 is 0 Å². The summed E-state index contributed by atoms with van der Waals surface area (Å²) in [5, 5.41) is 3.38. The van der Waals surface area contributed by atoms with Gasteiger partial charge in [0.15, 0.2) is 0 Å². The molecule has 0 aromatic heterocycles. The Morgan fingerprint density at radius 3 is 2.67 bits per heavy atom. The molecule has 0 amide bonds. The minimum Gasteiger partial charge on any atom is -0.313 e. The molecule has 0 spiro atoms. The van der Waals surface area contributed by atoms with Gasteiger partial charge in [-0.3, -0.25) is 0 Å². The highest BCUT2D eigenvalue weighted by Gasteiger charge is 2.09. The fourth-order valence-corrected chi connectivity index (χ4v) is 2.11. The molecule has 0 fully saturated rings. The van der Waals surface area contributed by atoms with E-state index in [1.807, 2.05) is 7.05 Å². The van der Waals surface area contributed by atoms with Gasteiger partial charge in [-0.1, -0.05) is 47.8 Å². The first kappa shape index (κ1) is 12.7. The largest absolute Gasteiger partial charge is 0.313 e. The molecule has 1 atom stereocenters. The van der Waals surface area contributed by atoms with Crippen LogP contribution < -0.4 is 5.32 Å². The number of halogens is 1. The van der Waals surface area contributed by atoms with Crippen LogP contribution in [0.15, 0.2) is 22.7 Å². The zero-order valence-corrected chi connectivity index (χ0v) is 11.4. The predicted octanol–water partition coefficient (Wildman–Crippen LogP) is 4.21. The quantitative estimate of drug-likeness (QED) is 0.845. The second-order valence-electron chi connectivity index (χ2n) is 3.99. The molecule has 0 heterocycles. The highest BCUT2D eigenvalue weighted by atomic mass is 79.9. The predicted molar refractivity (Wildman–Crippen MR) is 70.2 cm³/mol. The molecule has 0 aliphatic heterocycles. The smallest absolute Gasteiger partial charge is 0.0317 e. The van der Waals surface area contributed by atoms with Gasteiger partial charge in [-0.05, 0) is 37.6 Å². The Labute approximate surface area is 101 Å². The third kappa shape index (κ3) is 3.62. The molecule has 1 unspecified atom stereocenters. The van der Waals surface area contributed by atoms with Gasteiger partial charge in [-0.25, -0.2) is 0 Å². The summed E-state index contributed by atoms with van der Waals surface area (Å²) in [5.41, 5.74) is 2.67. The number of aryl methyl sites for hydroxylation is 1. The van der Waals surface area contributed by atoms with E-state index in [1.165, 1.54) is 34.9 Å². The monoisotopic (exact) mass is 269 g/mol. The van der Waals surface area contributed by atoms with Crippen molar-refractivity contribution in [2.45, 2.75) is 39.2 Å². The third-order valence-corrected chi connectivity index (χ3v) is 3.65. The second-order valence-corrected chi connectivity index (χ2v) is 4.85. The Morgan fingerprint density at radius 1 is 1.40 bits per heavy atom. The standard InChI is InChI=1S/C13H20BrN/c1-4-5-6-13(15-3)11-8-7-10(2)12(14)9-11/h7-9,13,15H,4-6H2,1-3H3. The van der Waals surface area contributed by atoms with Gasteiger partial charge >= 0.3 is 0 Å². The molecule has 84 valence electrons. The van der Waals surface area contributed by atoms with Crippen LogP contribution in [0.1, 0.15) is 43.4 Å². The van der Waals surface area contributed by atoms with E-state index in [0.717, 1.165) is 0 Å². The number of nitrogens with one attached hydrogen (secondary N) is 1. The normalized spacial score (nSPS) is 12.8. The van der Waals surface area contributed by atoms with Crippen molar-refractivity contribution in [3.05, 3.63) is 33.8 Å². The Bertz CT molecular complexity index is 309. The summed E-state index contributed by atoms with van der Waals surface area (Å²) in [5.74, 6) is 0. The van der Waals surface area contributed by atoms with E-state index in [4.69, 9.17) is 0 Å². The first-order valence-corrected chi connectivity index (χ1v) is 6.41. The maximum Gasteiger partial charge on any atom is 0.0317 e. The number of hydrogen-bond donors (Lipinski definition) is 1. The van der Waals surface area contributed by atoms with Crippen molar-refractivity contribution in [3.8, 4) is 0 Å². The summed E-state index contributed by atoms with van der Waals surface area (Å²) in [6.07, 6.45) is 3.74. The zero-order valence-electron chi connectivity index (χ0n) is 9.81. The fourth-order valence-electron chi connectivity index (χ4n) is 1.71. The van der Waals surface area contributed by atoms with Crippen molar-refractivity contribution in [3.63, 3.8) is 0 Å². The van der Waals surface area contributed by atoms with E-state index in [1.54, 1.807) is 0 Å². The molecule has 0 saturated carbocycles. The third-order valence-electron chi connectivity index (χ3n) is 2.79. The molecule has 0 aliphatic rings. The van der Waals surface area contributed by atoms with Gasteiger partial charge in [0.2, 0.25) is 0 Å². The van der Waals surface area contributed by atoms with Crippen molar-refractivity contribution in [2.75, 3.05) is 7.05 Å². The van der Waals surface area contributed by atoms with Crippen LogP contribution in [0.4, 0.5) is 0 Å². The van der Waals surface area contributed by atoms with Crippen LogP contribution in [0, 0.1) is 6.92 Å². The molecule has 2 heteroatoms. The molecule has 0 radical (unpaired) electrons. The average molecular weight is 270 g/mol. The van der Waals surface area contributed by atoms with Gasteiger partial charge in [-0.15, -0.1) is 0 Å². The summed E-state index contributed by atoms with van der Waals surface area (Å²) in [7, 11) is 2.04. The molecule has 0 saturated heterocycles. The lowest BCUT2D eigenvalue weighted by atomic mass is 10.0. The second kappa shape index (κ2) is 6.29. The lowest BCUT2D eigenvalue weighted by Gasteiger charge is -2.17. The molecular formula is C13H20BrN. The lowest BCUT2D eigenvalue weighted by molar-refractivity contribution is 0.522. The van der Waals surface area contributed by atoms with Crippen LogP contribution in [-0.4, -0.2) is 7.05 Å². The first-order valence-electron chi connectivity index (χ1n) is 5.62. The summed E-state index contributed by atoms with van der Waals surface area (Å²) in [6, 6.07) is 7.11. The number of benzene rings is 1. The van der Waals surface area contributed by atoms with Gasteiger partial charge in [-0.2, -0.15) is 0 Å². The molecule has 0 bridgehead atoms. The van der Waals surface area contributed by atoms with E-state index in [9.17, 15) is 0 Å². The van der Waals surface area contributed by atoms with Crippen LogP contribution in [-0.2, 0) is 0 Å². The molecule has 1 N–H and O–H groups in total. The van der Waals surface area contributed by atoms with Gasteiger partial charge < -0.3 is 5.32 Å². The van der Waals surface area contributed by atoms with Crippen molar-refractivity contribution >= 4 is 15.9 Å². The molecule has 15 heavy (non-hydrogen) atoms. The number of rotatable bonds is 5. The summed E-state index contributed by atoms with van der Waals surface area (Å²) < 4.78 is 1.21. The van der Waals surface area contributed by atoms with Crippen molar-refractivity contribution in [2.24, 2.45) is 0 Å². The average Bonchev–Trinajstić information content (AvgIpc) is 2.24. The first-order chi connectivity index (χ1) is 7.19. The maximum atomic E-state index is 3.58. The van der Waals surface area contributed by atoms with Crippen molar-refractivity contribution in [1.82, 2.24) is 5.32 Å². The Balaban J connectivity index is 2.78. The van der Waals surface area contributed by atoms with Gasteiger partial charge in [0.05, 0.1) is 0 Å². The number of unbranched alkanes of at least 4 members (excludes halogenated alkanes) is 1. The number of hydrogen-bond acceptors (Lipinski definition) is 1. The van der Waals surface area contributed by atoms with Crippen molar-refractivity contribution in [1.29, 1.82) is 0 Å². The van der Waals surface area contributed by atoms with E-state index in [-0.39, 0.29) is 0 Å². The van der Waals surface area contributed by atoms with Gasteiger partial charge in [0.25, 0.3) is 0 Å². The van der Waals surface area contributed by atoms with Crippen LogP contribution >= 0.6 is 15.9 Å². The minimum absolute atomic E-state index is 0.488. The molecule has 0 aliphatic carbocycles. The molecule has 1 nitrogen and oxygen atoms in total. The Hall–Kier alpha value is -0.340. The van der Waals surface area contributed by atoms with Crippen LogP contribution in [0.5, 0.6) is 0 Å². The minimum atomic E-state index is 0.488. The SMILES string of the molecule is CCCCC(NC)c1ccc(C)c(Br)c1. The van der Waals surface area contributed by atoms with Gasteiger partial charge in [0, 0.05) is 10.5 Å². The van der Waals surface area contributed by atoms with E-state index >= 15 is 0 Å². The molecule has 1 rings (SSSR count). The van der Waals surface area contributed by atoms with Crippen LogP contribution in [0.3, 0.4) is 0 Å². The summed E-state index contributed by atoms with van der Waals surface area (Å²) in [4.78, 5) is 0. The van der Waals surface area contributed by atoms with E-state index in [0.29, 0.717) is 6.04 Å². The maximum absolute atomic E-state index is 3.58. The molecule has 1 aromatic carbocycles. The molecular weight excluding hydrogens is 250 g/mol. The molecule has 1 aromatic rings. The van der Waals surface area contributed by atoms with Gasteiger partial charge in [0.1, 0.15) is 0 Å². The fraction of sp³-hybridized carbons (Fsp3) is 0.538. The lowest BCUT2D eigenvalue weighted by Crippen LogP contribution is -2.16.